The van der Waals surface area contributed by atoms with Crippen molar-refractivity contribution in [1.82, 2.24) is 0 Å². The number of hydrogen-bond donors (Lipinski definition) is 2. The van der Waals surface area contributed by atoms with Crippen LogP contribution in [0.4, 0.5) is 0 Å². The molecule has 4 aromatic rings. The molecule has 4 aromatic carbocycles. The van der Waals surface area contributed by atoms with E-state index in [4.69, 9.17) is 18.9 Å². The Morgan fingerprint density at radius 2 is 0.738 bits per heavy atom. The molecule has 5 rings (SSSR count). The molecule has 0 aliphatic heterocycles. The van der Waals surface area contributed by atoms with Crippen molar-refractivity contribution in [3.63, 3.8) is 0 Å². The van der Waals surface area contributed by atoms with E-state index in [1.165, 1.54) is 0 Å². The minimum Gasteiger partial charge on any atom is -0.507 e. The highest BCUT2D eigenvalue weighted by Crippen LogP contribution is 2.37. The van der Waals surface area contributed by atoms with Crippen LogP contribution in [0.5, 0.6) is 23.0 Å². The highest BCUT2D eigenvalue weighted by atomic mass is 16.5. The van der Waals surface area contributed by atoms with Gasteiger partial charge < -0.3 is 29.2 Å². The number of benzene rings is 4. The average molecular weight is 569 g/mol. The second kappa shape index (κ2) is 14.3. The van der Waals surface area contributed by atoms with Crippen LogP contribution < -0.4 is 9.47 Å². The van der Waals surface area contributed by atoms with E-state index < -0.39 is 0 Å². The molecule has 6 nitrogen and oxygen atoms in total. The van der Waals surface area contributed by atoms with Crippen molar-refractivity contribution in [2.24, 2.45) is 0 Å². The molecule has 0 saturated heterocycles. The Hall–Kier alpha value is -4.00. The number of ether oxygens (including phenoxy) is 4. The molecule has 6 heteroatoms. The number of hydrogen-bond acceptors (Lipinski definition) is 6. The van der Waals surface area contributed by atoms with Crippen LogP contribution in [-0.4, -0.2) is 49.9 Å². The van der Waals surface area contributed by atoms with Gasteiger partial charge in [0.05, 0.1) is 13.2 Å². The van der Waals surface area contributed by atoms with Crippen LogP contribution in [0.1, 0.15) is 58.4 Å². The van der Waals surface area contributed by atoms with E-state index >= 15 is 0 Å². The second-order valence-corrected chi connectivity index (χ2v) is 10.5. The minimum absolute atomic E-state index is 0.281. The molecule has 220 valence electrons. The Labute approximate surface area is 248 Å². The molecule has 0 radical (unpaired) electrons. The largest absolute Gasteiger partial charge is 0.507 e. The van der Waals surface area contributed by atoms with Gasteiger partial charge in [-0.05, 0) is 58.4 Å². The zero-order chi connectivity index (χ0) is 29.3. The molecule has 1 aliphatic rings. The van der Waals surface area contributed by atoms with Gasteiger partial charge in [0.2, 0.25) is 0 Å². The molecule has 0 amide bonds. The van der Waals surface area contributed by atoms with E-state index in [2.05, 4.69) is 0 Å². The lowest BCUT2D eigenvalue weighted by atomic mass is 9.91. The summed E-state index contributed by atoms with van der Waals surface area (Å²) in [5.41, 5.74) is 7.19. The fraction of sp³-hybridized carbons (Fsp3) is 0.333. The molecule has 42 heavy (non-hydrogen) atoms. The summed E-state index contributed by atoms with van der Waals surface area (Å²) in [6.07, 6.45) is 2.00. The van der Waals surface area contributed by atoms with Gasteiger partial charge in [-0.15, -0.1) is 0 Å². The summed E-state index contributed by atoms with van der Waals surface area (Å²) in [6.45, 7) is 6.97. The number of aromatic hydroxyl groups is 2. The third kappa shape index (κ3) is 6.89. The van der Waals surface area contributed by atoms with E-state index in [1.54, 1.807) is 0 Å². The van der Waals surface area contributed by atoms with Crippen molar-refractivity contribution in [1.29, 1.82) is 0 Å². The predicted molar refractivity (Wildman–Crippen MR) is 164 cm³/mol. The van der Waals surface area contributed by atoms with Gasteiger partial charge in [-0.3, -0.25) is 0 Å². The van der Waals surface area contributed by atoms with Crippen LogP contribution in [0.25, 0.3) is 0 Å². The lowest BCUT2D eigenvalue weighted by Crippen LogP contribution is -2.11. The molecule has 0 saturated carbocycles. The third-order valence-electron chi connectivity index (χ3n) is 7.64. The molecule has 0 aromatic heterocycles. The van der Waals surface area contributed by atoms with Crippen molar-refractivity contribution in [3.8, 4) is 23.0 Å². The summed E-state index contributed by atoms with van der Waals surface area (Å²) in [5, 5.41) is 23.0. The Kier molecular flexibility index (Phi) is 10.0. The number of fused-ring (bicyclic) bond motifs is 8. The quantitative estimate of drug-likeness (QED) is 0.185. The zero-order valence-electron chi connectivity index (χ0n) is 24.5. The lowest BCUT2D eigenvalue weighted by Gasteiger charge is -2.20. The fourth-order valence-corrected chi connectivity index (χ4v) is 5.58. The van der Waals surface area contributed by atoms with Gasteiger partial charge in [0.15, 0.2) is 0 Å². The molecular weight excluding hydrogens is 528 g/mol. The summed E-state index contributed by atoms with van der Waals surface area (Å²) < 4.78 is 23.7. The second-order valence-electron chi connectivity index (χ2n) is 10.5. The molecular formula is C36H40O6. The lowest BCUT2D eigenvalue weighted by molar-refractivity contribution is 0.109. The topological polar surface area (TPSA) is 77.4 Å². The molecule has 8 bridgehead atoms. The first-order valence-electron chi connectivity index (χ1n) is 14.8. The fourth-order valence-electron chi connectivity index (χ4n) is 5.58. The van der Waals surface area contributed by atoms with Crippen molar-refractivity contribution in [2.45, 2.75) is 39.5 Å². The zero-order valence-corrected chi connectivity index (χ0v) is 24.5. The van der Waals surface area contributed by atoms with Gasteiger partial charge in [0, 0.05) is 38.9 Å². The molecule has 0 heterocycles. The normalized spacial score (nSPS) is 12.6. The van der Waals surface area contributed by atoms with Crippen LogP contribution in [0.3, 0.4) is 0 Å². The molecule has 0 fully saturated rings. The maximum atomic E-state index is 11.5. The van der Waals surface area contributed by atoms with Crippen LogP contribution in [0.2, 0.25) is 0 Å². The number of phenolic OH excluding ortho intramolecular Hbond substituents is 2. The van der Waals surface area contributed by atoms with Crippen molar-refractivity contribution < 1.29 is 29.2 Å². The van der Waals surface area contributed by atoms with E-state index in [9.17, 15) is 10.2 Å². The Balaban J connectivity index is 1.62. The molecule has 0 unspecified atom stereocenters. The van der Waals surface area contributed by atoms with Crippen molar-refractivity contribution >= 4 is 0 Å². The van der Waals surface area contributed by atoms with Crippen molar-refractivity contribution in [2.75, 3.05) is 39.6 Å². The maximum Gasteiger partial charge on any atom is 0.126 e. The Bertz CT molecular complexity index is 1300. The summed E-state index contributed by atoms with van der Waals surface area (Å²) in [4.78, 5) is 0. The van der Waals surface area contributed by atoms with E-state index in [0.29, 0.717) is 65.3 Å². The van der Waals surface area contributed by atoms with Gasteiger partial charge in [0.1, 0.15) is 36.2 Å². The van der Waals surface area contributed by atoms with E-state index in [0.717, 1.165) is 56.0 Å². The Morgan fingerprint density at radius 1 is 0.452 bits per heavy atom. The standard InChI is InChI=1S/C36H40O6/c1-3-39-17-19-41-35-29-13-7-14-30(35)22-26-10-6-12-28(34(26)38)24-32-16-8-15-31(36(32)42-20-18-40-4-2)23-27-11-5-9-25(21-29)33(27)37/h5-16,37-38H,3-4,17-24H2,1-2H3. The van der Waals surface area contributed by atoms with Gasteiger partial charge in [-0.2, -0.15) is 0 Å². The first kappa shape index (κ1) is 29.5. The van der Waals surface area contributed by atoms with Crippen LogP contribution in [-0.2, 0) is 35.2 Å². The summed E-state index contributed by atoms with van der Waals surface area (Å²) >= 11 is 0. The summed E-state index contributed by atoms with van der Waals surface area (Å²) in [6, 6.07) is 24.0. The maximum absolute atomic E-state index is 11.5. The predicted octanol–water partition coefficient (Wildman–Crippen LogP) is 6.61. The smallest absolute Gasteiger partial charge is 0.126 e. The molecule has 2 N–H and O–H groups in total. The first-order valence-corrected chi connectivity index (χ1v) is 14.8. The van der Waals surface area contributed by atoms with E-state index in [1.807, 2.05) is 86.6 Å². The SMILES string of the molecule is CCOCCOc1c2cccc1Cc1cccc(c1O)Cc1cccc(c1OCCOCC)Cc1cccc(c1O)C2. The molecule has 1 aliphatic carbocycles. The average Bonchev–Trinajstić information content (AvgIpc) is 2.99. The monoisotopic (exact) mass is 568 g/mol. The summed E-state index contributed by atoms with van der Waals surface area (Å²) in [5.74, 6) is 2.11. The highest BCUT2D eigenvalue weighted by Gasteiger charge is 2.20. The van der Waals surface area contributed by atoms with Gasteiger partial charge in [-0.1, -0.05) is 72.8 Å². The number of phenols is 2. The van der Waals surface area contributed by atoms with Crippen LogP contribution in [0, 0.1) is 0 Å². The van der Waals surface area contributed by atoms with Gasteiger partial charge in [0.25, 0.3) is 0 Å². The van der Waals surface area contributed by atoms with Gasteiger partial charge in [-0.25, -0.2) is 0 Å². The van der Waals surface area contributed by atoms with Crippen LogP contribution >= 0.6 is 0 Å². The van der Waals surface area contributed by atoms with Gasteiger partial charge >= 0.3 is 0 Å². The van der Waals surface area contributed by atoms with Crippen LogP contribution in [0.15, 0.2) is 72.8 Å². The van der Waals surface area contributed by atoms with Crippen molar-refractivity contribution in [3.05, 3.63) is 117 Å². The summed E-state index contributed by atoms with van der Waals surface area (Å²) in [7, 11) is 0. The number of para-hydroxylation sites is 4. The third-order valence-corrected chi connectivity index (χ3v) is 7.64. The number of rotatable bonds is 10. The minimum atomic E-state index is 0.281. The highest BCUT2D eigenvalue weighted by molar-refractivity contribution is 5.55. The molecule has 0 spiro atoms. The van der Waals surface area contributed by atoms with E-state index in [-0.39, 0.29) is 11.5 Å². The Morgan fingerprint density at radius 3 is 1.02 bits per heavy atom. The molecule has 0 atom stereocenters. The first-order chi connectivity index (χ1) is 20.6.